The van der Waals surface area contributed by atoms with Crippen LogP contribution in [0.1, 0.15) is 37.8 Å². The summed E-state index contributed by atoms with van der Waals surface area (Å²) in [5.74, 6) is 0.956. The van der Waals surface area contributed by atoms with E-state index in [9.17, 15) is 10.1 Å². The van der Waals surface area contributed by atoms with Gasteiger partial charge in [-0.05, 0) is 25.7 Å². The first kappa shape index (κ1) is 14.8. The molecule has 20 heavy (non-hydrogen) atoms. The minimum atomic E-state index is -0.376. The van der Waals surface area contributed by atoms with Gasteiger partial charge in [-0.15, -0.1) is 0 Å². The SMILES string of the molecule is Cc1nn(C)c(NC(CN)C2CCCCC2)c1[N+](=O)[O-]. The number of nitrogens with zero attached hydrogens (tertiary/aromatic N) is 3. The number of aryl methyl sites for hydroxylation is 2. The Morgan fingerprint density at radius 1 is 1.50 bits per heavy atom. The van der Waals surface area contributed by atoms with Gasteiger partial charge in [0.2, 0.25) is 5.82 Å². The number of aromatic nitrogens is 2. The van der Waals surface area contributed by atoms with Gasteiger partial charge in [0.05, 0.1) is 4.92 Å². The number of hydrogen-bond acceptors (Lipinski definition) is 5. The summed E-state index contributed by atoms with van der Waals surface area (Å²) in [7, 11) is 1.72. The van der Waals surface area contributed by atoms with Crippen molar-refractivity contribution in [1.29, 1.82) is 0 Å². The van der Waals surface area contributed by atoms with Crippen molar-refractivity contribution < 1.29 is 4.92 Å². The molecule has 112 valence electrons. The highest BCUT2D eigenvalue weighted by Gasteiger charge is 2.29. The van der Waals surface area contributed by atoms with Gasteiger partial charge in [-0.1, -0.05) is 19.3 Å². The normalized spacial score (nSPS) is 17.9. The molecule has 0 saturated heterocycles. The number of rotatable bonds is 5. The van der Waals surface area contributed by atoms with Crippen molar-refractivity contribution >= 4 is 11.5 Å². The second-order valence-electron chi connectivity index (χ2n) is 5.55. The van der Waals surface area contributed by atoms with E-state index < -0.39 is 0 Å². The van der Waals surface area contributed by atoms with E-state index in [4.69, 9.17) is 5.73 Å². The summed E-state index contributed by atoms with van der Waals surface area (Å²) in [4.78, 5) is 10.8. The van der Waals surface area contributed by atoms with Crippen LogP contribution >= 0.6 is 0 Å². The van der Waals surface area contributed by atoms with Gasteiger partial charge in [-0.2, -0.15) is 5.10 Å². The highest BCUT2D eigenvalue weighted by molar-refractivity contribution is 5.60. The van der Waals surface area contributed by atoms with Crippen molar-refractivity contribution in [2.45, 2.75) is 45.1 Å². The number of nitro groups is 1. The summed E-state index contributed by atoms with van der Waals surface area (Å²) in [6.07, 6.45) is 5.99. The number of hydrogen-bond donors (Lipinski definition) is 2. The summed E-state index contributed by atoms with van der Waals surface area (Å²) in [5.41, 5.74) is 6.36. The minimum absolute atomic E-state index is 0.0572. The third-order valence-corrected chi connectivity index (χ3v) is 4.17. The van der Waals surface area contributed by atoms with E-state index in [0.717, 1.165) is 12.8 Å². The van der Waals surface area contributed by atoms with Crippen molar-refractivity contribution in [3.8, 4) is 0 Å². The molecule has 1 aliphatic rings. The van der Waals surface area contributed by atoms with Crippen LogP contribution in [-0.2, 0) is 7.05 Å². The highest BCUT2D eigenvalue weighted by Crippen LogP contribution is 2.32. The first-order chi connectivity index (χ1) is 9.54. The Bertz CT molecular complexity index is 479. The van der Waals surface area contributed by atoms with Crippen molar-refractivity contribution in [2.75, 3.05) is 11.9 Å². The van der Waals surface area contributed by atoms with Gasteiger partial charge >= 0.3 is 5.69 Å². The molecule has 1 aromatic rings. The van der Waals surface area contributed by atoms with E-state index in [1.807, 2.05) is 0 Å². The average molecular weight is 281 g/mol. The topological polar surface area (TPSA) is 99.0 Å². The molecule has 0 aliphatic heterocycles. The molecule has 2 rings (SSSR count). The fraction of sp³-hybridized carbons (Fsp3) is 0.769. The van der Waals surface area contributed by atoms with Gasteiger partial charge in [0.15, 0.2) is 0 Å². The molecule has 1 aromatic heterocycles. The van der Waals surface area contributed by atoms with E-state index in [0.29, 0.717) is 24.0 Å². The molecule has 7 nitrogen and oxygen atoms in total. The van der Waals surface area contributed by atoms with Crippen LogP contribution in [0.4, 0.5) is 11.5 Å². The van der Waals surface area contributed by atoms with Crippen LogP contribution in [0.2, 0.25) is 0 Å². The molecular formula is C13H23N5O2. The lowest BCUT2D eigenvalue weighted by Crippen LogP contribution is -2.38. The maximum atomic E-state index is 11.2. The predicted octanol–water partition coefficient (Wildman–Crippen LogP) is 1.96. The number of nitrogens with two attached hydrogens (primary N) is 1. The molecule has 1 heterocycles. The first-order valence-corrected chi connectivity index (χ1v) is 7.19. The molecule has 3 N–H and O–H groups in total. The monoisotopic (exact) mass is 281 g/mol. The van der Waals surface area contributed by atoms with Crippen molar-refractivity contribution in [1.82, 2.24) is 9.78 Å². The van der Waals surface area contributed by atoms with E-state index >= 15 is 0 Å². The second-order valence-corrected chi connectivity index (χ2v) is 5.55. The zero-order chi connectivity index (χ0) is 14.7. The predicted molar refractivity (Wildman–Crippen MR) is 77.6 cm³/mol. The molecule has 0 amide bonds. The third kappa shape index (κ3) is 2.92. The molecule has 1 fully saturated rings. The zero-order valence-corrected chi connectivity index (χ0v) is 12.1. The Morgan fingerprint density at radius 3 is 2.70 bits per heavy atom. The maximum absolute atomic E-state index is 11.2. The van der Waals surface area contributed by atoms with Crippen LogP contribution in [0.5, 0.6) is 0 Å². The Morgan fingerprint density at radius 2 is 2.15 bits per heavy atom. The molecule has 0 radical (unpaired) electrons. The van der Waals surface area contributed by atoms with Gasteiger partial charge < -0.3 is 11.1 Å². The van der Waals surface area contributed by atoms with Crippen LogP contribution in [0.25, 0.3) is 0 Å². The van der Waals surface area contributed by atoms with Crippen molar-refractivity contribution in [3.05, 3.63) is 15.8 Å². The molecule has 1 aliphatic carbocycles. The Hall–Kier alpha value is -1.63. The zero-order valence-electron chi connectivity index (χ0n) is 12.1. The largest absolute Gasteiger partial charge is 0.360 e. The fourth-order valence-electron chi connectivity index (χ4n) is 3.11. The Balaban J connectivity index is 2.20. The number of anilines is 1. The molecule has 0 bridgehead atoms. The van der Waals surface area contributed by atoms with Crippen LogP contribution in [0.3, 0.4) is 0 Å². The third-order valence-electron chi connectivity index (χ3n) is 4.17. The minimum Gasteiger partial charge on any atom is -0.360 e. The fourth-order valence-corrected chi connectivity index (χ4v) is 3.11. The molecule has 0 spiro atoms. The summed E-state index contributed by atoms with van der Waals surface area (Å²) >= 11 is 0. The van der Waals surface area contributed by atoms with Gasteiger partial charge in [0, 0.05) is 19.6 Å². The van der Waals surface area contributed by atoms with Crippen molar-refractivity contribution in [2.24, 2.45) is 18.7 Å². The molecule has 1 atom stereocenters. The van der Waals surface area contributed by atoms with E-state index in [2.05, 4.69) is 10.4 Å². The van der Waals surface area contributed by atoms with Gasteiger partial charge in [-0.25, -0.2) is 4.68 Å². The van der Waals surface area contributed by atoms with Gasteiger partial charge in [0.1, 0.15) is 5.69 Å². The smallest absolute Gasteiger partial charge is 0.333 e. The van der Waals surface area contributed by atoms with Crippen LogP contribution in [0.15, 0.2) is 0 Å². The van der Waals surface area contributed by atoms with Gasteiger partial charge in [-0.3, -0.25) is 10.1 Å². The first-order valence-electron chi connectivity index (χ1n) is 7.19. The quantitative estimate of drug-likeness (QED) is 0.635. The lowest BCUT2D eigenvalue weighted by molar-refractivity contribution is -0.384. The average Bonchev–Trinajstić information content (AvgIpc) is 2.71. The molecular weight excluding hydrogens is 258 g/mol. The Kier molecular flexibility index (Phi) is 4.59. The Labute approximate surface area is 118 Å². The summed E-state index contributed by atoms with van der Waals surface area (Å²) in [6.45, 7) is 2.13. The van der Waals surface area contributed by atoms with E-state index in [-0.39, 0.29) is 16.7 Å². The molecule has 1 unspecified atom stereocenters. The van der Waals surface area contributed by atoms with Crippen molar-refractivity contribution in [3.63, 3.8) is 0 Å². The summed E-state index contributed by atoms with van der Waals surface area (Å²) < 4.78 is 1.54. The maximum Gasteiger partial charge on any atom is 0.333 e. The number of nitrogens with one attached hydrogen (secondary N) is 1. The highest BCUT2D eigenvalue weighted by atomic mass is 16.6. The molecule has 1 saturated carbocycles. The van der Waals surface area contributed by atoms with E-state index in [1.165, 1.54) is 19.3 Å². The lowest BCUT2D eigenvalue weighted by Gasteiger charge is -2.30. The standard InChI is InChI=1S/C13H23N5O2/c1-9-12(18(19)20)13(17(2)16-9)15-11(8-14)10-6-4-3-5-7-10/h10-11,15H,3-8,14H2,1-2H3. The molecule has 0 aromatic carbocycles. The van der Waals surface area contributed by atoms with E-state index in [1.54, 1.807) is 18.7 Å². The van der Waals surface area contributed by atoms with Crippen LogP contribution in [0, 0.1) is 23.0 Å². The van der Waals surface area contributed by atoms with Crippen LogP contribution < -0.4 is 11.1 Å². The molecule has 7 heteroatoms. The summed E-state index contributed by atoms with van der Waals surface area (Å²) in [5, 5.41) is 18.6. The van der Waals surface area contributed by atoms with Crippen LogP contribution in [-0.4, -0.2) is 27.3 Å². The lowest BCUT2D eigenvalue weighted by atomic mass is 9.84. The van der Waals surface area contributed by atoms with Gasteiger partial charge in [0.25, 0.3) is 0 Å². The summed E-state index contributed by atoms with van der Waals surface area (Å²) in [6, 6.07) is 0.0730. The second kappa shape index (κ2) is 6.21.